The summed E-state index contributed by atoms with van der Waals surface area (Å²) in [7, 11) is 0. The predicted molar refractivity (Wildman–Crippen MR) is 72.4 cm³/mol. The molecule has 3 rings (SSSR count). The lowest BCUT2D eigenvalue weighted by Crippen LogP contribution is -2.00. The number of carbonyl (C=O) groups is 1. The molecule has 0 aliphatic heterocycles. The first kappa shape index (κ1) is 12.2. The molecule has 0 fully saturated rings. The van der Waals surface area contributed by atoms with Gasteiger partial charge in [0, 0.05) is 11.8 Å². The van der Waals surface area contributed by atoms with Crippen molar-refractivity contribution in [3.05, 3.63) is 66.2 Å². The van der Waals surface area contributed by atoms with Crippen LogP contribution in [0.3, 0.4) is 0 Å². The maximum atomic E-state index is 11.3. The Kier molecular flexibility index (Phi) is 3.09. The number of carboxylic acids is 1. The highest BCUT2D eigenvalue weighted by Crippen LogP contribution is 2.22. The van der Waals surface area contributed by atoms with Crippen molar-refractivity contribution in [2.75, 3.05) is 0 Å². The zero-order valence-corrected chi connectivity index (χ0v) is 10.6. The second kappa shape index (κ2) is 5.05. The van der Waals surface area contributed by atoms with Crippen LogP contribution in [0.4, 0.5) is 0 Å². The van der Waals surface area contributed by atoms with E-state index in [9.17, 15) is 9.90 Å². The zero-order chi connectivity index (χ0) is 13.9. The summed E-state index contributed by atoms with van der Waals surface area (Å²) in [6.07, 6.45) is 4.52. The second-order valence-electron chi connectivity index (χ2n) is 4.39. The summed E-state index contributed by atoms with van der Waals surface area (Å²) in [5.41, 5.74) is 2.31. The molecule has 3 aromatic rings. The Bertz CT molecular complexity index is 715. The summed E-state index contributed by atoms with van der Waals surface area (Å²) < 4.78 is 6.62. The number of furan rings is 1. The highest BCUT2D eigenvalue weighted by molar-refractivity contribution is 5.94. The molecule has 0 unspecified atom stereocenters. The number of aromatic carboxylic acids is 1. The molecule has 0 aliphatic rings. The molecular weight excluding hydrogens is 256 g/mol. The number of rotatable bonds is 4. The van der Waals surface area contributed by atoms with Gasteiger partial charge < -0.3 is 9.52 Å². The maximum absolute atomic E-state index is 11.3. The first-order valence-corrected chi connectivity index (χ1v) is 6.11. The molecule has 20 heavy (non-hydrogen) atoms. The summed E-state index contributed by atoms with van der Waals surface area (Å²) >= 11 is 0. The van der Waals surface area contributed by atoms with Gasteiger partial charge in [0.25, 0.3) is 0 Å². The van der Waals surface area contributed by atoms with Crippen molar-refractivity contribution in [2.24, 2.45) is 0 Å². The van der Waals surface area contributed by atoms with Crippen LogP contribution in [0.1, 0.15) is 15.9 Å². The normalized spacial score (nSPS) is 10.6. The average molecular weight is 268 g/mol. The molecule has 0 bridgehead atoms. The van der Waals surface area contributed by atoms with Gasteiger partial charge in [-0.05, 0) is 11.6 Å². The summed E-state index contributed by atoms with van der Waals surface area (Å²) in [6, 6.07) is 11.5. The van der Waals surface area contributed by atoms with Gasteiger partial charge in [-0.3, -0.25) is 4.68 Å². The molecule has 0 spiro atoms. The molecule has 0 saturated heterocycles. The van der Waals surface area contributed by atoms with Crippen molar-refractivity contribution in [1.29, 1.82) is 0 Å². The number of benzene rings is 1. The summed E-state index contributed by atoms with van der Waals surface area (Å²) in [5, 5.41) is 13.6. The number of nitrogens with zero attached hydrogens (tertiary/aromatic N) is 2. The molecule has 0 saturated carbocycles. The lowest BCUT2D eigenvalue weighted by molar-refractivity contribution is 0.0697. The summed E-state index contributed by atoms with van der Waals surface area (Å²) in [6.45, 7) is 0.527. The van der Waals surface area contributed by atoms with Crippen molar-refractivity contribution < 1.29 is 14.3 Å². The Morgan fingerprint density at radius 2 is 2.05 bits per heavy atom. The Morgan fingerprint density at radius 1 is 1.25 bits per heavy atom. The van der Waals surface area contributed by atoms with Crippen molar-refractivity contribution in [1.82, 2.24) is 9.78 Å². The largest absolute Gasteiger partial charge is 0.478 e. The van der Waals surface area contributed by atoms with Gasteiger partial charge >= 0.3 is 5.97 Å². The van der Waals surface area contributed by atoms with E-state index in [1.54, 1.807) is 10.7 Å². The van der Waals surface area contributed by atoms with E-state index in [2.05, 4.69) is 5.10 Å². The van der Waals surface area contributed by atoms with Crippen LogP contribution >= 0.6 is 0 Å². The quantitative estimate of drug-likeness (QED) is 0.790. The van der Waals surface area contributed by atoms with Crippen LogP contribution in [0.5, 0.6) is 0 Å². The van der Waals surface area contributed by atoms with Crippen molar-refractivity contribution in [3.63, 3.8) is 0 Å². The van der Waals surface area contributed by atoms with Gasteiger partial charge in [-0.1, -0.05) is 30.3 Å². The molecule has 1 N–H and O–H groups in total. The standard InChI is InChI=1S/C15H12N2O3/c18-15(19)13-9-17(8-11-4-2-1-3-5-11)16-14(13)12-6-7-20-10-12/h1-7,9-10H,8H2,(H,18,19). The summed E-state index contributed by atoms with van der Waals surface area (Å²) in [5.74, 6) is -1.000. The van der Waals surface area contributed by atoms with Crippen molar-refractivity contribution in [3.8, 4) is 11.3 Å². The van der Waals surface area contributed by atoms with E-state index in [1.807, 2.05) is 30.3 Å². The topological polar surface area (TPSA) is 68.3 Å². The van der Waals surface area contributed by atoms with Crippen LogP contribution in [-0.2, 0) is 6.54 Å². The molecule has 5 heteroatoms. The van der Waals surface area contributed by atoms with E-state index >= 15 is 0 Å². The average Bonchev–Trinajstić information content (AvgIpc) is 3.08. The predicted octanol–water partition coefficient (Wildman–Crippen LogP) is 2.89. The maximum Gasteiger partial charge on any atom is 0.339 e. The fourth-order valence-electron chi connectivity index (χ4n) is 2.04. The SMILES string of the molecule is O=C(O)c1cn(Cc2ccccc2)nc1-c1ccoc1. The highest BCUT2D eigenvalue weighted by atomic mass is 16.4. The molecule has 0 aliphatic carbocycles. The third-order valence-corrected chi connectivity index (χ3v) is 2.97. The van der Waals surface area contributed by atoms with Gasteiger partial charge in [0.1, 0.15) is 11.3 Å². The molecule has 0 atom stereocenters. The molecule has 2 aromatic heterocycles. The highest BCUT2D eigenvalue weighted by Gasteiger charge is 2.17. The first-order valence-electron chi connectivity index (χ1n) is 6.11. The lowest BCUT2D eigenvalue weighted by atomic mass is 10.1. The van der Waals surface area contributed by atoms with Crippen LogP contribution in [0, 0.1) is 0 Å². The fourth-order valence-corrected chi connectivity index (χ4v) is 2.04. The number of aromatic nitrogens is 2. The van der Waals surface area contributed by atoms with E-state index in [1.165, 1.54) is 18.7 Å². The Hall–Kier alpha value is -2.82. The van der Waals surface area contributed by atoms with E-state index in [0.29, 0.717) is 17.8 Å². The lowest BCUT2D eigenvalue weighted by Gasteiger charge is -2.00. The number of hydrogen-bond donors (Lipinski definition) is 1. The zero-order valence-electron chi connectivity index (χ0n) is 10.6. The van der Waals surface area contributed by atoms with E-state index < -0.39 is 5.97 Å². The van der Waals surface area contributed by atoms with Crippen LogP contribution < -0.4 is 0 Å². The Labute approximate surface area is 115 Å². The minimum atomic E-state index is -1.000. The molecule has 0 radical (unpaired) electrons. The minimum absolute atomic E-state index is 0.169. The van der Waals surface area contributed by atoms with Crippen LogP contribution in [0.2, 0.25) is 0 Å². The van der Waals surface area contributed by atoms with Crippen LogP contribution in [-0.4, -0.2) is 20.9 Å². The third-order valence-electron chi connectivity index (χ3n) is 2.97. The molecule has 2 heterocycles. The number of hydrogen-bond acceptors (Lipinski definition) is 3. The van der Waals surface area contributed by atoms with Gasteiger partial charge in [0.2, 0.25) is 0 Å². The summed E-state index contributed by atoms with van der Waals surface area (Å²) in [4.78, 5) is 11.3. The molecule has 1 aromatic carbocycles. The van der Waals surface area contributed by atoms with Crippen LogP contribution in [0.15, 0.2) is 59.5 Å². The second-order valence-corrected chi connectivity index (χ2v) is 4.39. The Balaban J connectivity index is 1.98. The number of carboxylic acid groups (broad SMARTS) is 1. The van der Waals surface area contributed by atoms with Gasteiger partial charge in [-0.2, -0.15) is 5.10 Å². The molecule has 5 nitrogen and oxygen atoms in total. The van der Waals surface area contributed by atoms with E-state index in [4.69, 9.17) is 4.42 Å². The fraction of sp³-hybridized carbons (Fsp3) is 0.0667. The molecule has 0 amide bonds. The van der Waals surface area contributed by atoms with Gasteiger partial charge in [-0.25, -0.2) is 4.79 Å². The van der Waals surface area contributed by atoms with Gasteiger partial charge in [0.15, 0.2) is 0 Å². The first-order chi connectivity index (χ1) is 9.74. The third kappa shape index (κ3) is 2.33. The van der Waals surface area contributed by atoms with Gasteiger partial charge in [-0.15, -0.1) is 0 Å². The van der Waals surface area contributed by atoms with E-state index in [-0.39, 0.29) is 5.56 Å². The van der Waals surface area contributed by atoms with Crippen LogP contribution in [0.25, 0.3) is 11.3 Å². The molecular formula is C15H12N2O3. The van der Waals surface area contributed by atoms with Crippen molar-refractivity contribution in [2.45, 2.75) is 6.54 Å². The monoisotopic (exact) mass is 268 g/mol. The molecule has 100 valence electrons. The van der Waals surface area contributed by atoms with Gasteiger partial charge in [0.05, 0.1) is 19.1 Å². The smallest absolute Gasteiger partial charge is 0.339 e. The Morgan fingerprint density at radius 3 is 2.70 bits per heavy atom. The van der Waals surface area contributed by atoms with Crippen molar-refractivity contribution >= 4 is 5.97 Å². The minimum Gasteiger partial charge on any atom is -0.478 e. The van der Waals surface area contributed by atoms with E-state index in [0.717, 1.165) is 5.56 Å².